The van der Waals surface area contributed by atoms with E-state index in [4.69, 9.17) is 38.1 Å². The minimum Gasteiger partial charge on any atom is -0.456 e. The highest BCUT2D eigenvalue weighted by molar-refractivity contribution is 6.74. The zero-order valence-corrected chi connectivity index (χ0v) is 50.0. The second kappa shape index (κ2) is 22.9. The fourth-order valence-electron chi connectivity index (χ4n) is 12.4. The molecule has 3 fully saturated rings. The van der Waals surface area contributed by atoms with Crippen LogP contribution in [-0.4, -0.2) is 112 Å². The van der Waals surface area contributed by atoms with Crippen LogP contribution >= 0.6 is 0 Å². The van der Waals surface area contributed by atoms with Crippen LogP contribution in [0.1, 0.15) is 128 Å². The summed E-state index contributed by atoms with van der Waals surface area (Å²) in [6, 6.07) is 23.9. The van der Waals surface area contributed by atoms with Gasteiger partial charge in [-0.3, -0.25) is 19.2 Å². The maximum absolute atomic E-state index is 16.7. The summed E-state index contributed by atoms with van der Waals surface area (Å²) in [4.78, 5) is 91.8. The van der Waals surface area contributed by atoms with Gasteiger partial charge in [0.05, 0.1) is 35.6 Å². The molecule has 1 saturated heterocycles. The fraction of sp³-hybridized carbons (Fsp3) is 0.559. The molecule has 1 amide bonds. The number of ether oxygens (including phenoxy) is 5. The third kappa shape index (κ3) is 11.1. The second-order valence-electron chi connectivity index (χ2n) is 23.9. The van der Waals surface area contributed by atoms with Crippen molar-refractivity contribution in [1.29, 1.82) is 0 Å². The highest BCUT2D eigenvalue weighted by Crippen LogP contribution is 2.65. The first-order valence-corrected chi connectivity index (χ1v) is 32.7. The minimum absolute atomic E-state index is 0.0204. The van der Waals surface area contributed by atoms with Gasteiger partial charge in [-0.25, -0.2) is 9.59 Å². The van der Waals surface area contributed by atoms with Gasteiger partial charge in [-0.05, 0) is 96.6 Å². The molecule has 2 N–H and O–H groups in total. The second-order valence-corrected chi connectivity index (χ2v) is 33.4. The molecule has 1 heterocycles. The van der Waals surface area contributed by atoms with Crippen molar-refractivity contribution in [3.63, 3.8) is 0 Å². The average Bonchev–Trinajstić information content (AvgIpc) is 3.52. The van der Waals surface area contributed by atoms with E-state index in [2.05, 4.69) is 15.3 Å². The third-order valence-corrected chi connectivity index (χ3v) is 27.3. The van der Waals surface area contributed by atoms with Gasteiger partial charge in [-0.1, -0.05) is 121 Å². The maximum atomic E-state index is 16.7. The van der Waals surface area contributed by atoms with Gasteiger partial charge in [0.25, 0.3) is 5.91 Å². The topological polar surface area (TPSA) is 248 Å². The van der Waals surface area contributed by atoms with Gasteiger partial charge in [-0.2, -0.15) is 0 Å². The zero-order valence-electron chi connectivity index (χ0n) is 48.0. The van der Waals surface area contributed by atoms with Gasteiger partial charge >= 0.3 is 23.9 Å². The summed E-state index contributed by atoms with van der Waals surface area (Å²) in [7, 11) is -5.67. The zero-order chi connectivity index (χ0) is 58.3. The number of azide groups is 1. The Morgan fingerprint density at radius 1 is 0.861 bits per heavy atom. The Hall–Kier alpha value is -6.00. The molecule has 2 bridgehead atoms. The highest BCUT2D eigenvalue weighted by atomic mass is 28.4. The van der Waals surface area contributed by atoms with Crippen LogP contribution in [0.25, 0.3) is 10.4 Å². The first-order valence-electron chi connectivity index (χ1n) is 27.3. The Balaban J connectivity index is 1.50. The number of aliphatic hydroxyl groups is 1. The van der Waals surface area contributed by atoms with Crippen LogP contribution in [0, 0.1) is 16.7 Å². The number of hydrogen-bond donors (Lipinski definition) is 2. The summed E-state index contributed by atoms with van der Waals surface area (Å²) in [6.45, 7) is 24.8. The van der Waals surface area contributed by atoms with Crippen LogP contribution in [0.2, 0.25) is 36.3 Å². The molecule has 79 heavy (non-hydrogen) atoms. The lowest BCUT2D eigenvalue weighted by atomic mass is 9.44. The predicted molar refractivity (Wildman–Crippen MR) is 299 cm³/mol. The lowest BCUT2D eigenvalue weighted by molar-refractivity contribution is -0.344. The number of carbonyl (C=O) groups is 6. The van der Waals surface area contributed by atoms with Gasteiger partial charge in [0.1, 0.15) is 23.9 Å². The van der Waals surface area contributed by atoms with E-state index in [-0.39, 0.29) is 35.4 Å². The molecule has 7 rings (SSSR count). The van der Waals surface area contributed by atoms with E-state index in [1.54, 1.807) is 88.4 Å². The van der Waals surface area contributed by atoms with E-state index >= 15 is 14.4 Å². The predicted octanol–water partition coefficient (Wildman–Crippen LogP) is 10.7. The Morgan fingerprint density at radius 2 is 1.46 bits per heavy atom. The molecule has 426 valence electrons. The number of nitrogens with one attached hydrogen (secondary N) is 1. The van der Waals surface area contributed by atoms with Gasteiger partial charge in [0, 0.05) is 48.3 Å². The fourth-order valence-corrected chi connectivity index (χ4v) is 16.5. The number of amides is 1. The van der Waals surface area contributed by atoms with Crippen molar-refractivity contribution in [2.75, 3.05) is 6.61 Å². The minimum atomic E-state index is -2.97. The van der Waals surface area contributed by atoms with Crippen molar-refractivity contribution in [3.8, 4) is 0 Å². The van der Waals surface area contributed by atoms with Crippen molar-refractivity contribution >= 4 is 57.9 Å². The molecule has 0 spiro atoms. The van der Waals surface area contributed by atoms with Gasteiger partial charge < -0.3 is 43.0 Å². The molecule has 4 aliphatic rings. The van der Waals surface area contributed by atoms with Crippen LogP contribution in [0.3, 0.4) is 0 Å². The van der Waals surface area contributed by atoms with Crippen LogP contribution in [0.15, 0.2) is 101 Å². The number of benzene rings is 3. The number of nitrogens with zero attached hydrogens (tertiary/aromatic N) is 3. The number of carbonyl (C=O) groups excluding carboxylic acids is 6. The number of esters is 4. The van der Waals surface area contributed by atoms with Gasteiger partial charge in [0.2, 0.25) is 0 Å². The molecule has 18 nitrogen and oxygen atoms in total. The summed E-state index contributed by atoms with van der Waals surface area (Å²) in [6.07, 6.45) is -8.96. The van der Waals surface area contributed by atoms with E-state index in [0.717, 1.165) is 0 Å². The lowest BCUT2D eigenvalue weighted by Crippen LogP contribution is -2.82. The van der Waals surface area contributed by atoms with Crippen molar-refractivity contribution in [3.05, 3.63) is 123 Å². The molecule has 0 unspecified atom stereocenters. The van der Waals surface area contributed by atoms with E-state index in [1.165, 1.54) is 38.1 Å². The Kier molecular flexibility index (Phi) is 17.6. The largest absolute Gasteiger partial charge is 0.456 e. The van der Waals surface area contributed by atoms with Crippen LogP contribution in [0.4, 0.5) is 5.69 Å². The van der Waals surface area contributed by atoms with E-state index < -0.39 is 134 Å². The molecule has 0 aromatic heterocycles. The van der Waals surface area contributed by atoms with E-state index in [1.807, 2.05) is 54.6 Å². The first-order chi connectivity index (χ1) is 37.0. The van der Waals surface area contributed by atoms with E-state index in [9.17, 15) is 19.5 Å². The maximum Gasteiger partial charge on any atom is 0.338 e. The Labute approximate surface area is 465 Å². The third-order valence-electron chi connectivity index (χ3n) is 18.2. The lowest BCUT2D eigenvalue weighted by Gasteiger charge is -2.68. The summed E-state index contributed by atoms with van der Waals surface area (Å²) >= 11 is 0. The van der Waals surface area contributed by atoms with Crippen LogP contribution < -0.4 is 5.32 Å². The molecule has 2 saturated carbocycles. The van der Waals surface area contributed by atoms with E-state index in [0.29, 0.717) is 29.3 Å². The Bertz CT molecular complexity index is 2880. The smallest absolute Gasteiger partial charge is 0.338 e. The average molecular weight is 1120 g/mol. The standard InChI is InChI=1S/C59H78N4O14Si2/c1-15-79(16-2,17-3)76-43-32-44-58(34-71-44,75-37(6)65)49-51(74-53(68)40-28-30-41(31-29-40)62-63-60)59(70)33-42(35(4)45(56(59,10)11)47(72-36(5)64)50(66)57(43,49)12)73-54(69)48(77-78(13,14)55(7,8)9)46(38-24-20-18-21-25-38)61-52(67)39-26-22-19-23-27-39/h18-31,42-44,46-49,51,70H,15-17,32-34H2,1-14H3,(H,61,67)/t42-,43-,44+,46-,47+,48+,49-,51-,57+,58-,59+/m0/s1. The van der Waals surface area contributed by atoms with Crippen LogP contribution in [-0.2, 0) is 51.7 Å². The van der Waals surface area contributed by atoms with Crippen molar-refractivity contribution in [2.24, 2.45) is 21.9 Å². The number of fused-ring (bicyclic) bond motifs is 5. The van der Waals surface area contributed by atoms with Gasteiger partial charge in [-0.15, -0.1) is 0 Å². The summed E-state index contributed by atoms with van der Waals surface area (Å²) in [5.41, 5.74) is 2.83. The quantitative estimate of drug-likeness (QED) is 0.0229. The summed E-state index contributed by atoms with van der Waals surface area (Å²) in [5, 5.41) is 20.7. The Morgan fingerprint density at radius 3 is 1.97 bits per heavy atom. The number of rotatable bonds is 18. The molecular formula is C59H78N4O14Si2. The number of Topliss-reactive ketones (excluding diaryl/α,β-unsaturated/α-hetero) is 1. The highest BCUT2D eigenvalue weighted by Gasteiger charge is 2.79. The van der Waals surface area contributed by atoms with Gasteiger partial charge in [0.15, 0.2) is 40.2 Å². The number of hydrogen-bond acceptors (Lipinski definition) is 15. The summed E-state index contributed by atoms with van der Waals surface area (Å²) in [5.74, 6) is -6.12. The van der Waals surface area contributed by atoms with Crippen molar-refractivity contribution in [1.82, 2.24) is 5.32 Å². The molecular weight excluding hydrogens is 1040 g/mol. The molecule has 1 aliphatic heterocycles. The normalized spacial score (nSPS) is 28.1. The first kappa shape index (κ1) is 60.6. The van der Waals surface area contributed by atoms with Crippen molar-refractivity contribution in [2.45, 2.75) is 186 Å². The monoisotopic (exact) mass is 1120 g/mol. The molecule has 3 aliphatic carbocycles. The molecule has 3 aromatic rings. The van der Waals surface area contributed by atoms with Crippen molar-refractivity contribution < 1.29 is 66.4 Å². The SMILES string of the molecule is CC[Si](CC)(CC)O[C@H]1C[C@H]2OC[C@@]2(OC(C)=O)[C@H]2[C@H](OC(=O)c3ccc(N=[N+]=[N-])cc3)[C@]3(O)C[C@H](OC(=O)[C@H](O[Si](C)(C)C(C)(C)C)[C@@H](NC(=O)c4ccccc4)c4ccccc4)C(C)=C([C@@H](OC(C)=O)C(=O)[C@]12C)C3(C)C. The summed E-state index contributed by atoms with van der Waals surface area (Å²) < 4.78 is 47.0. The van der Waals surface area contributed by atoms with Crippen LogP contribution in [0.5, 0.6) is 0 Å². The molecule has 0 radical (unpaired) electrons. The molecule has 20 heteroatoms. The molecule has 3 aromatic carbocycles. The number of ketones is 1. The molecule has 11 atom stereocenters.